The molecule has 1 fully saturated rings. The van der Waals surface area contributed by atoms with Gasteiger partial charge in [-0.1, -0.05) is 58.6 Å². The summed E-state index contributed by atoms with van der Waals surface area (Å²) in [4.78, 5) is 53.1. The van der Waals surface area contributed by atoms with Crippen molar-refractivity contribution in [3.05, 3.63) is 140 Å². The zero-order chi connectivity index (χ0) is 33.7. The topological polar surface area (TPSA) is 114 Å². The van der Waals surface area contributed by atoms with E-state index in [1.165, 1.54) is 55.5 Å². The molecule has 4 aromatic rings. The minimum atomic E-state index is -1.93. The normalized spacial score (nSPS) is 20.2. The summed E-state index contributed by atoms with van der Waals surface area (Å²) in [7, 11) is 0. The van der Waals surface area contributed by atoms with Gasteiger partial charge in [-0.05, 0) is 93.6 Å². The van der Waals surface area contributed by atoms with Gasteiger partial charge in [0.1, 0.15) is 12.7 Å². The van der Waals surface area contributed by atoms with E-state index >= 15 is 0 Å². The van der Waals surface area contributed by atoms with Crippen molar-refractivity contribution < 1.29 is 42.9 Å². The fourth-order valence-corrected chi connectivity index (χ4v) is 5.09. The van der Waals surface area contributed by atoms with Crippen LogP contribution in [0.1, 0.15) is 59.5 Å². The van der Waals surface area contributed by atoms with Crippen LogP contribution in [-0.4, -0.2) is 54.6 Å². The number of carbonyl (C=O) groups is 4. The molecule has 0 unspecified atom stereocenters. The lowest BCUT2D eigenvalue weighted by molar-refractivity contribution is -0.175. The van der Waals surface area contributed by atoms with E-state index in [2.05, 4.69) is 0 Å². The zero-order valence-corrected chi connectivity index (χ0v) is 27.1. The highest BCUT2D eigenvalue weighted by Crippen LogP contribution is 2.39. The van der Waals surface area contributed by atoms with Gasteiger partial charge in [0.2, 0.25) is 11.9 Å². The van der Waals surface area contributed by atoms with Crippen LogP contribution in [0.25, 0.3) is 0 Å². The first-order chi connectivity index (χ1) is 22.4. The smallest absolute Gasteiger partial charge is 0.340 e. The number of esters is 4. The average molecular weight is 678 g/mol. The van der Waals surface area contributed by atoms with E-state index in [4.69, 9.17) is 46.9 Å². The second-order valence-corrected chi connectivity index (χ2v) is 12.0. The fourth-order valence-electron chi connectivity index (χ4n) is 4.84. The van der Waals surface area contributed by atoms with E-state index in [1.54, 1.807) is 48.5 Å². The van der Waals surface area contributed by atoms with E-state index in [-0.39, 0.29) is 22.3 Å². The van der Waals surface area contributed by atoms with Gasteiger partial charge in [0.05, 0.1) is 22.3 Å². The van der Waals surface area contributed by atoms with Crippen molar-refractivity contribution in [3.63, 3.8) is 0 Å². The van der Waals surface area contributed by atoms with Crippen molar-refractivity contribution in [2.75, 3.05) is 6.61 Å². The molecule has 0 radical (unpaired) electrons. The summed E-state index contributed by atoms with van der Waals surface area (Å²) in [6, 6.07) is 25.2. The molecule has 0 saturated carbocycles. The molecule has 0 N–H and O–H groups in total. The Labute approximate surface area is 281 Å². The highest BCUT2D eigenvalue weighted by atomic mass is 35.5. The highest BCUT2D eigenvalue weighted by molar-refractivity contribution is 6.31. The molecular formula is C36H30Cl2O9. The van der Waals surface area contributed by atoms with Gasteiger partial charge in [0.25, 0.3) is 0 Å². The summed E-state index contributed by atoms with van der Waals surface area (Å²) in [5, 5.41) is 0.797. The predicted molar refractivity (Wildman–Crippen MR) is 173 cm³/mol. The van der Waals surface area contributed by atoms with Crippen LogP contribution >= 0.6 is 23.2 Å². The maximum atomic E-state index is 13.5. The van der Waals surface area contributed by atoms with Gasteiger partial charge < -0.3 is 23.7 Å². The van der Waals surface area contributed by atoms with E-state index in [1.807, 2.05) is 13.8 Å². The molecule has 11 heteroatoms. The first-order valence-electron chi connectivity index (χ1n) is 14.6. The van der Waals surface area contributed by atoms with Gasteiger partial charge in [-0.25, -0.2) is 19.2 Å². The van der Waals surface area contributed by atoms with E-state index in [0.717, 1.165) is 11.1 Å². The quantitative estimate of drug-likeness (QED) is 0.134. The molecule has 1 aliphatic rings. The SMILES string of the molecule is Cc1ccc(C(=O)OC[C@H]2O[C@H](OC(=O)c3ccc(Cl)cc3)[C@](C)(OC(=O)c3ccc(Cl)cc3)[C@@H]2OC(=O)c2ccc(C)cc2)cc1. The number of rotatable bonds is 9. The first-order valence-corrected chi connectivity index (χ1v) is 15.3. The Morgan fingerprint density at radius 1 is 0.617 bits per heavy atom. The molecule has 1 heterocycles. The molecule has 47 heavy (non-hydrogen) atoms. The van der Waals surface area contributed by atoms with Crippen molar-refractivity contribution in [2.45, 2.75) is 44.9 Å². The van der Waals surface area contributed by atoms with Crippen LogP contribution in [0.3, 0.4) is 0 Å². The standard InChI is InChI=1S/C36H30Cl2O9/c1-21-4-8-23(9-5-21)31(39)43-20-29-30(45-32(40)24-10-6-22(2)7-11-24)36(3,47-34(42)26-14-18-28(38)19-15-26)35(44-29)46-33(41)25-12-16-27(37)17-13-25/h4-19,29-30,35H,20H2,1-3H3/t29-,30-,35-,36-/m1/s1. The number of carbonyl (C=O) groups excluding carboxylic acids is 4. The third kappa shape index (κ3) is 8.00. The minimum absolute atomic E-state index is 0.122. The molecule has 5 rings (SSSR count). The second kappa shape index (κ2) is 14.4. The Bertz CT molecular complexity index is 1750. The molecular weight excluding hydrogens is 647 g/mol. The fraction of sp³-hybridized carbons (Fsp3) is 0.222. The molecule has 1 saturated heterocycles. The van der Waals surface area contributed by atoms with E-state index in [0.29, 0.717) is 10.0 Å². The number of ether oxygens (including phenoxy) is 5. The number of benzene rings is 4. The number of halogens is 2. The predicted octanol–water partition coefficient (Wildman–Crippen LogP) is 7.19. The van der Waals surface area contributed by atoms with E-state index < -0.39 is 54.6 Å². The average Bonchev–Trinajstić information content (AvgIpc) is 3.30. The Morgan fingerprint density at radius 2 is 1.02 bits per heavy atom. The third-order valence-electron chi connectivity index (χ3n) is 7.54. The molecule has 0 bridgehead atoms. The Kier molecular flexibility index (Phi) is 10.3. The first kappa shape index (κ1) is 33.7. The van der Waals surface area contributed by atoms with Gasteiger partial charge in [-0.2, -0.15) is 0 Å². The summed E-state index contributed by atoms with van der Waals surface area (Å²) in [6.07, 6.45) is -4.26. The van der Waals surface area contributed by atoms with Crippen LogP contribution in [0.2, 0.25) is 10.0 Å². The van der Waals surface area contributed by atoms with Crippen LogP contribution < -0.4 is 0 Å². The van der Waals surface area contributed by atoms with Crippen molar-refractivity contribution in [2.24, 2.45) is 0 Å². The molecule has 1 aliphatic heterocycles. The number of hydrogen-bond donors (Lipinski definition) is 0. The highest BCUT2D eigenvalue weighted by Gasteiger charge is 2.61. The number of aryl methyl sites for hydroxylation is 2. The van der Waals surface area contributed by atoms with Gasteiger partial charge in [0.15, 0.2) is 6.10 Å². The molecule has 4 atom stereocenters. The minimum Gasteiger partial charge on any atom is -0.459 e. The van der Waals surface area contributed by atoms with Crippen LogP contribution in [-0.2, 0) is 23.7 Å². The molecule has 0 spiro atoms. The lowest BCUT2D eigenvalue weighted by Crippen LogP contribution is -2.53. The van der Waals surface area contributed by atoms with Crippen LogP contribution in [0.5, 0.6) is 0 Å². The molecule has 0 aliphatic carbocycles. The van der Waals surface area contributed by atoms with Gasteiger partial charge in [-0.15, -0.1) is 0 Å². The summed E-state index contributed by atoms with van der Waals surface area (Å²) in [6.45, 7) is 4.72. The molecule has 242 valence electrons. The molecule has 0 amide bonds. The molecule has 9 nitrogen and oxygen atoms in total. The van der Waals surface area contributed by atoms with Crippen LogP contribution in [0.15, 0.2) is 97.1 Å². The van der Waals surface area contributed by atoms with Crippen LogP contribution in [0.4, 0.5) is 0 Å². The third-order valence-corrected chi connectivity index (χ3v) is 8.05. The summed E-state index contributed by atoms with van der Waals surface area (Å²) >= 11 is 12.0. The van der Waals surface area contributed by atoms with Gasteiger partial charge >= 0.3 is 23.9 Å². The Hall–Kier alpha value is -4.70. The summed E-state index contributed by atoms with van der Waals surface area (Å²) in [5.74, 6) is -3.11. The maximum absolute atomic E-state index is 13.5. The second-order valence-electron chi connectivity index (χ2n) is 11.2. The molecule has 4 aromatic carbocycles. The van der Waals surface area contributed by atoms with Crippen LogP contribution in [0, 0.1) is 13.8 Å². The van der Waals surface area contributed by atoms with Crippen molar-refractivity contribution in [1.29, 1.82) is 0 Å². The lowest BCUT2D eigenvalue weighted by Gasteiger charge is -2.33. The van der Waals surface area contributed by atoms with E-state index in [9.17, 15) is 19.2 Å². The number of hydrogen-bond acceptors (Lipinski definition) is 9. The van der Waals surface area contributed by atoms with Crippen molar-refractivity contribution in [1.82, 2.24) is 0 Å². The van der Waals surface area contributed by atoms with Crippen molar-refractivity contribution >= 4 is 47.1 Å². The summed E-state index contributed by atoms with van der Waals surface area (Å²) in [5.41, 5.74) is 0.682. The molecule has 0 aromatic heterocycles. The monoisotopic (exact) mass is 676 g/mol. The summed E-state index contributed by atoms with van der Waals surface area (Å²) < 4.78 is 29.3. The van der Waals surface area contributed by atoms with Crippen molar-refractivity contribution in [3.8, 4) is 0 Å². The largest absolute Gasteiger partial charge is 0.459 e. The lowest BCUT2D eigenvalue weighted by atomic mass is 9.96. The van der Waals surface area contributed by atoms with Gasteiger partial charge in [-0.3, -0.25) is 0 Å². The Morgan fingerprint density at radius 3 is 1.51 bits per heavy atom. The van der Waals surface area contributed by atoms with Gasteiger partial charge in [0, 0.05) is 10.0 Å². The zero-order valence-electron chi connectivity index (χ0n) is 25.6. The maximum Gasteiger partial charge on any atom is 0.340 e. The Balaban J connectivity index is 1.49.